The molecule has 0 aliphatic carbocycles. The van der Waals surface area contributed by atoms with Crippen LogP contribution in [0.2, 0.25) is 0 Å². The van der Waals surface area contributed by atoms with Crippen LogP contribution in [-0.2, 0) is 9.47 Å². The topological polar surface area (TPSA) is 66.0 Å². The predicted molar refractivity (Wildman–Crippen MR) is 147 cm³/mol. The van der Waals surface area contributed by atoms with E-state index >= 15 is 0 Å². The van der Waals surface area contributed by atoms with Crippen LogP contribution in [0.5, 0.6) is 11.5 Å². The maximum Gasteiger partial charge on any atom is 0.573 e. The molecule has 6 nitrogen and oxygen atoms in total. The van der Waals surface area contributed by atoms with Gasteiger partial charge in [-0.15, -0.1) is 13.2 Å². The first-order chi connectivity index (χ1) is 19.2. The van der Waals surface area contributed by atoms with Gasteiger partial charge in [-0.1, -0.05) is 37.6 Å². The van der Waals surface area contributed by atoms with E-state index in [-0.39, 0.29) is 17.1 Å². The maximum absolute atomic E-state index is 12.6. The van der Waals surface area contributed by atoms with Gasteiger partial charge in [0.2, 0.25) is 0 Å². The second kappa shape index (κ2) is 13.7. The number of amides is 1. The molecule has 1 N–H and O–H groups in total. The van der Waals surface area contributed by atoms with Gasteiger partial charge in [0.05, 0.1) is 26.4 Å². The Hall–Kier alpha value is -3.56. The van der Waals surface area contributed by atoms with Crippen LogP contribution in [0.3, 0.4) is 0 Å². The van der Waals surface area contributed by atoms with Gasteiger partial charge in [-0.2, -0.15) is 0 Å². The van der Waals surface area contributed by atoms with Gasteiger partial charge in [-0.25, -0.2) is 0 Å². The van der Waals surface area contributed by atoms with Gasteiger partial charge in [0.1, 0.15) is 11.5 Å². The van der Waals surface area contributed by atoms with Crippen molar-refractivity contribution in [1.82, 2.24) is 0 Å². The molecule has 0 unspecified atom stereocenters. The summed E-state index contributed by atoms with van der Waals surface area (Å²) in [6.45, 7) is 5.95. The van der Waals surface area contributed by atoms with Gasteiger partial charge in [0, 0.05) is 23.3 Å². The third kappa shape index (κ3) is 9.27. The Balaban J connectivity index is 1.13. The smallest absolute Gasteiger partial charge is 0.494 e. The summed E-state index contributed by atoms with van der Waals surface area (Å²) < 4.78 is 57.7. The van der Waals surface area contributed by atoms with Crippen molar-refractivity contribution >= 4 is 11.6 Å². The number of nitrogens with one attached hydrogen (secondary N) is 1. The van der Waals surface area contributed by atoms with E-state index in [4.69, 9.17) is 14.2 Å². The number of benzene rings is 3. The number of anilines is 1. The zero-order valence-corrected chi connectivity index (χ0v) is 22.5. The summed E-state index contributed by atoms with van der Waals surface area (Å²) in [6.07, 6.45) is -0.544. The SMILES string of the molecule is CC1(COCCCCCCOc2ccc(NC(=O)c3ccc(-c4ccc(OC(F)(F)F)cc4)cc3)cc2)COC1. The summed E-state index contributed by atoms with van der Waals surface area (Å²) in [4.78, 5) is 12.6. The number of rotatable bonds is 14. The maximum atomic E-state index is 12.6. The van der Waals surface area contributed by atoms with E-state index in [0.29, 0.717) is 23.4 Å². The van der Waals surface area contributed by atoms with Crippen LogP contribution in [0.25, 0.3) is 11.1 Å². The first-order valence-corrected chi connectivity index (χ1v) is 13.4. The minimum Gasteiger partial charge on any atom is -0.494 e. The van der Waals surface area contributed by atoms with Crippen LogP contribution in [0.1, 0.15) is 43.0 Å². The third-order valence-corrected chi connectivity index (χ3v) is 6.48. The number of halogens is 3. The Kier molecular flexibility index (Phi) is 10.1. The zero-order chi connectivity index (χ0) is 28.4. The molecule has 3 aromatic carbocycles. The van der Waals surface area contributed by atoms with Gasteiger partial charge < -0.3 is 24.3 Å². The molecule has 40 heavy (non-hydrogen) atoms. The van der Waals surface area contributed by atoms with Crippen molar-refractivity contribution in [3.8, 4) is 22.6 Å². The van der Waals surface area contributed by atoms with Crippen molar-refractivity contribution in [2.45, 2.75) is 39.0 Å². The van der Waals surface area contributed by atoms with Crippen molar-refractivity contribution in [2.75, 3.05) is 38.4 Å². The third-order valence-electron chi connectivity index (χ3n) is 6.48. The second-order valence-electron chi connectivity index (χ2n) is 10.2. The summed E-state index contributed by atoms with van der Waals surface area (Å²) >= 11 is 0. The lowest BCUT2D eigenvalue weighted by molar-refractivity contribution is -0.274. The predicted octanol–water partition coefficient (Wildman–Crippen LogP) is 7.50. The molecule has 3 aromatic rings. The fraction of sp³-hybridized carbons (Fsp3) is 0.387. The number of carbonyl (C=O) groups is 1. The fourth-order valence-electron chi connectivity index (χ4n) is 4.20. The molecule has 1 heterocycles. The zero-order valence-electron chi connectivity index (χ0n) is 22.5. The van der Waals surface area contributed by atoms with E-state index in [0.717, 1.165) is 63.4 Å². The molecule has 1 saturated heterocycles. The number of hydrogen-bond donors (Lipinski definition) is 1. The largest absolute Gasteiger partial charge is 0.573 e. The highest BCUT2D eigenvalue weighted by Crippen LogP contribution is 2.28. The Morgan fingerprint density at radius 1 is 0.825 bits per heavy atom. The van der Waals surface area contributed by atoms with Crippen molar-refractivity contribution < 1.29 is 36.9 Å². The number of ether oxygens (including phenoxy) is 4. The summed E-state index contributed by atoms with van der Waals surface area (Å²) in [5, 5.41) is 2.85. The standard InChI is InChI=1S/C31H34F3NO5/c1-30(21-38-22-30)20-37-18-4-2-3-5-19-39-27-16-12-26(13-17-27)35-29(36)25-8-6-23(7-9-25)24-10-14-28(15-11-24)40-31(32,33)34/h6-17H,2-5,18-22H2,1H3,(H,35,36). The summed E-state index contributed by atoms with van der Waals surface area (Å²) in [6, 6.07) is 19.6. The van der Waals surface area contributed by atoms with E-state index in [1.807, 2.05) is 12.1 Å². The van der Waals surface area contributed by atoms with Crippen LogP contribution >= 0.6 is 0 Å². The average molecular weight is 558 g/mol. The number of carbonyl (C=O) groups excluding carboxylic acids is 1. The monoisotopic (exact) mass is 557 g/mol. The number of alkyl halides is 3. The van der Waals surface area contributed by atoms with E-state index in [1.165, 1.54) is 24.3 Å². The Morgan fingerprint density at radius 2 is 1.40 bits per heavy atom. The van der Waals surface area contributed by atoms with Crippen LogP contribution < -0.4 is 14.8 Å². The van der Waals surface area contributed by atoms with Crippen molar-refractivity contribution in [1.29, 1.82) is 0 Å². The molecular formula is C31H34F3NO5. The molecule has 0 spiro atoms. The molecule has 9 heteroatoms. The van der Waals surface area contributed by atoms with Gasteiger partial charge in [0.25, 0.3) is 5.91 Å². The minimum atomic E-state index is -4.73. The van der Waals surface area contributed by atoms with Crippen LogP contribution in [0.15, 0.2) is 72.8 Å². The first kappa shape index (κ1) is 29.4. The molecule has 1 fully saturated rings. The van der Waals surface area contributed by atoms with Crippen molar-refractivity contribution in [3.05, 3.63) is 78.4 Å². The van der Waals surface area contributed by atoms with Gasteiger partial charge in [-0.3, -0.25) is 4.79 Å². The highest BCUT2D eigenvalue weighted by molar-refractivity contribution is 6.04. The van der Waals surface area contributed by atoms with E-state index in [9.17, 15) is 18.0 Å². The molecule has 0 saturated carbocycles. The molecule has 4 rings (SSSR count). The lowest BCUT2D eigenvalue weighted by Crippen LogP contribution is -2.43. The molecular weight excluding hydrogens is 523 g/mol. The molecule has 0 atom stereocenters. The second-order valence-corrected chi connectivity index (χ2v) is 10.2. The molecule has 0 bridgehead atoms. The van der Waals surface area contributed by atoms with Crippen molar-refractivity contribution in [3.63, 3.8) is 0 Å². The lowest BCUT2D eigenvalue weighted by atomic mass is 9.90. The first-order valence-electron chi connectivity index (χ1n) is 13.4. The van der Waals surface area contributed by atoms with Gasteiger partial charge in [-0.05, 0) is 78.9 Å². The minimum absolute atomic E-state index is 0.206. The van der Waals surface area contributed by atoms with Gasteiger partial charge >= 0.3 is 6.36 Å². The highest BCUT2D eigenvalue weighted by atomic mass is 19.4. The summed E-state index contributed by atoms with van der Waals surface area (Å²) in [7, 11) is 0. The Bertz CT molecular complexity index is 1210. The molecule has 1 amide bonds. The van der Waals surface area contributed by atoms with Crippen LogP contribution in [0.4, 0.5) is 18.9 Å². The Morgan fingerprint density at radius 3 is 1.98 bits per heavy atom. The Labute approximate surface area is 232 Å². The van der Waals surface area contributed by atoms with Crippen molar-refractivity contribution in [2.24, 2.45) is 5.41 Å². The number of hydrogen-bond acceptors (Lipinski definition) is 5. The van der Waals surface area contributed by atoms with Crippen LogP contribution in [0, 0.1) is 5.41 Å². The normalized spacial score (nSPS) is 14.3. The van der Waals surface area contributed by atoms with E-state index in [2.05, 4.69) is 17.0 Å². The molecule has 0 radical (unpaired) electrons. The quantitative estimate of drug-likeness (QED) is 0.208. The number of unbranched alkanes of at least 4 members (excludes halogenated alkanes) is 3. The highest BCUT2D eigenvalue weighted by Gasteiger charge is 2.33. The molecule has 214 valence electrons. The molecule has 1 aliphatic heterocycles. The fourth-order valence-corrected chi connectivity index (χ4v) is 4.20. The van der Waals surface area contributed by atoms with Gasteiger partial charge in [0.15, 0.2) is 0 Å². The van der Waals surface area contributed by atoms with Crippen LogP contribution in [-0.4, -0.2) is 45.3 Å². The van der Waals surface area contributed by atoms with E-state index in [1.54, 1.807) is 36.4 Å². The summed E-state index contributed by atoms with van der Waals surface area (Å²) in [5.41, 5.74) is 2.77. The molecule has 1 aliphatic rings. The average Bonchev–Trinajstić information content (AvgIpc) is 2.91. The molecule has 0 aromatic heterocycles. The van der Waals surface area contributed by atoms with E-state index < -0.39 is 6.36 Å². The summed E-state index contributed by atoms with van der Waals surface area (Å²) in [5.74, 6) is 0.187. The lowest BCUT2D eigenvalue weighted by Gasteiger charge is -2.37.